The molecule has 6 heteroatoms. The van der Waals surface area contributed by atoms with E-state index >= 15 is 0 Å². The van der Waals surface area contributed by atoms with E-state index in [1.165, 1.54) is 21.5 Å². The first-order valence-electron chi connectivity index (χ1n) is 24.0. The van der Waals surface area contributed by atoms with Gasteiger partial charge in [-0.3, -0.25) is 0 Å². The van der Waals surface area contributed by atoms with Crippen molar-refractivity contribution < 1.29 is 0 Å². The number of nitrogens with zero attached hydrogens (tertiary/aromatic N) is 6. The van der Waals surface area contributed by atoms with Crippen molar-refractivity contribution >= 4 is 77.7 Å². The summed E-state index contributed by atoms with van der Waals surface area (Å²) in [6.07, 6.45) is 5.30. The lowest BCUT2D eigenvalue weighted by atomic mass is 9.98. The van der Waals surface area contributed by atoms with Crippen molar-refractivity contribution in [3.63, 3.8) is 0 Å². The fourth-order valence-electron chi connectivity index (χ4n) is 10.5. The van der Waals surface area contributed by atoms with Gasteiger partial charge in [0, 0.05) is 73.6 Å². The number of anilines is 6. The van der Waals surface area contributed by atoms with Crippen molar-refractivity contribution in [3.8, 4) is 33.6 Å². The molecule has 0 aliphatic carbocycles. The van der Waals surface area contributed by atoms with E-state index in [1.807, 2.05) is 12.4 Å². The second-order valence-corrected chi connectivity index (χ2v) is 18.0. The van der Waals surface area contributed by atoms with Crippen LogP contribution in [0.5, 0.6) is 0 Å². The fraction of sp³-hybridized carbons (Fsp3) is 0.0154. The largest absolute Gasteiger partial charge is 0.310 e. The Balaban J connectivity index is 1.05. The lowest BCUT2D eigenvalue weighted by Gasteiger charge is -2.25. The molecule has 0 fully saturated rings. The molecular formula is C65H46N6. The zero-order valence-electron chi connectivity index (χ0n) is 39.0. The van der Waals surface area contributed by atoms with E-state index in [9.17, 15) is 0 Å². The molecule has 10 aromatic carbocycles. The quantitative estimate of drug-likeness (QED) is 0.137. The third-order valence-electron chi connectivity index (χ3n) is 13.8. The van der Waals surface area contributed by atoms with Crippen LogP contribution in [0.25, 0.3) is 77.2 Å². The highest BCUT2D eigenvalue weighted by atomic mass is 15.1. The Morgan fingerprint density at radius 1 is 0.296 bits per heavy atom. The summed E-state index contributed by atoms with van der Waals surface area (Å²) in [5, 5.41) is 4.75. The monoisotopic (exact) mass is 910 g/mol. The molecule has 3 heterocycles. The molecule has 0 radical (unpaired) electrons. The van der Waals surface area contributed by atoms with Gasteiger partial charge in [0.25, 0.3) is 0 Å². The molecule has 0 bridgehead atoms. The molecule has 0 N–H and O–H groups in total. The van der Waals surface area contributed by atoms with Crippen molar-refractivity contribution in [2.75, 3.05) is 9.80 Å². The molecule has 3 aromatic heterocycles. The second kappa shape index (κ2) is 17.5. The SMILES string of the molecule is Cc1c(-n2c3ccccc3c3cc(N(c4ccccc4)c4ccccc4)ccc32)cc(-c2ccc(-c3cncnc3)cc2)cc1-n1c2ccccc2c2cc(N(c3ccccc3)c3ccccc3)ccc21. The maximum absolute atomic E-state index is 4.30. The Kier molecular flexibility index (Phi) is 10.3. The molecule has 13 rings (SSSR count). The number of benzene rings is 10. The molecule has 6 nitrogen and oxygen atoms in total. The van der Waals surface area contributed by atoms with Crippen molar-refractivity contribution in [2.24, 2.45) is 0 Å². The third kappa shape index (κ3) is 7.29. The van der Waals surface area contributed by atoms with Crippen LogP contribution in [-0.2, 0) is 0 Å². The average molecular weight is 911 g/mol. The molecule has 0 aliphatic rings. The second-order valence-electron chi connectivity index (χ2n) is 18.0. The van der Waals surface area contributed by atoms with Gasteiger partial charge in [-0.15, -0.1) is 0 Å². The Morgan fingerprint density at radius 2 is 0.648 bits per heavy atom. The van der Waals surface area contributed by atoms with Gasteiger partial charge in [0.05, 0.1) is 33.4 Å². The van der Waals surface area contributed by atoms with Crippen molar-refractivity contribution in [3.05, 3.63) is 267 Å². The average Bonchev–Trinajstić information content (AvgIpc) is 3.95. The lowest BCUT2D eigenvalue weighted by molar-refractivity contribution is 1.09. The van der Waals surface area contributed by atoms with Gasteiger partial charge >= 0.3 is 0 Å². The molecule has 0 atom stereocenters. The van der Waals surface area contributed by atoms with Crippen molar-refractivity contribution in [1.29, 1.82) is 0 Å². The third-order valence-corrected chi connectivity index (χ3v) is 13.8. The summed E-state index contributed by atoms with van der Waals surface area (Å²) < 4.78 is 4.96. The molecular weight excluding hydrogens is 865 g/mol. The highest BCUT2D eigenvalue weighted by Crippen LogP contribution is 2.44. The number of rotatable bonds is 10. The van der Waals surface area contributed by atoms with Gasteiger partial charge in [0.1, 0.15) is 6.33 Å². The zero-order chi connectivity index (χ0) is 47.3. The summed E-state index contributed by atoms with van der Waals surface area (Å²) in [6.45, 7) is 2.29. The van der Waals surface area contributed by atoms with E-state index in [-0.39, 0.29) is 0 Å². The molecule has 0 amide bonds. The fourth-order valence-corrected chi connectivity index (χ4v) is 10.5. The number of hydrogen-bond acceptors (Lipinski definition) is 4. The van der Waals surface area contributed by atoms with Crippen LogP contribution in [0.1, 0.15) is 5.56 Å². The van der Waals surface area contributed by atoms with Crippen LogP contribution in [0, 0.1) is 6.92 Å². The molecule has 0 aliphatic heterocycles. The first-order valence-corrected chi connectivity index (χ1v) is 24.0. The van der Waals surface area contributed by atoms with Gasteiger partial charge in [-0.1, -0.05) is 133 Å². The zero-order valence-corrected chi connectivity index (χ0v) is 39.0. The van der Waals surface area contributed by atoms with Crippen molar-refractivity contribution in [2.45, 2.75) is 6.92 Å². The van der Waals surface area contributed by atoms with Gasteiger partial charge in [0.2, 0.25) is 0 Å². The first kappa shape index (κ1) is 41.7. The summed E-state index contributed by atoms with van der Waals surface area (Å²) >= 11 is 0. The molecule has 0 saturated heterocycles. The van der Waals surface area contributed by atoms with Crippen LogP contribution in [0.4, 0.5) is 34.1 Å². The molecule has 0 saturated carbocycles. The highest BCUT2D eigenvalue weighted by molar-refractivity contribution is 6.12. The van der Waals surface area contributed by atoms with E-state index < -0.39 is 0 Å². The van der Waals surface area contributed by atoms with Crippen LogP contribution in [0.15, 0.2) is 261 Å². The highest BCUT2D eigenvalue weighted by Gasteiger charge is 2.23. The topological polar surface area (TPSA) is 42.1 Å². The predicted molar refractivity (Wildman–Crippen MR) is 296 cm³/mol. The molecule has 71 heavy (non-hydrogen) atoms. The summed E-state index contributed by atoms with van der Waals surface area (Å²) in [7, 11) is 0. The summed E-state index contributed by atoms with van der Waals surface area (Å²) in [6, 6.07) is 87.6. The predicted octanol–water partition coefficient (Wildman–Crippen LogP) is 17.3. The van der Waals surface area contributed by atoms with Gasteiger partial charge in [-0.25, -0.2) is 9.97 Å². The van der Waals surface area contributed by atoms with Crippen LogP contribution in [-0.4, -0.2) is 19.1 Å². The van der Waals surface area contributed by atoms with Crippen LogP contribution in [0.3, 0.4) is 0 Å². The summed E-state index contributed by atoms with van der Waals surface area (Å²) in [5.41, 5.74) is 18.8. The molecule has 0 unspecified atom stereocenters. The smallest absolute Gasteiger partial charge is 0.115 e. The van der Waals surface area contributed by atoms with Gasteiger partial charge in [-0.2, -0.15) is 0 Å². The number of fused-ring (bicyclic) bond motifs is 6. The van der Waals surface area contributed by atoms with Gasteiger partial charge in [-0.05, 0) is 138 Å². The maximum Gasteiger partial charge on any atom is 0.115 e. The van der Waals surface area contributed by atoms with E-state index in [4.69, 9.17) is 0 Å². The number of para-hydroxylation sites is 6. The normalized spacial score (nSPS) is 11.5. The minimum Gasteiger partial charge on any atom is -0.310 e. The molecule has 0 spiro atoms. The Morgan fingerprint density at radius 3 is 1.06 bits per heavy atom. The number of hydrogen-bond donors (Lipinski definition) is 0. The summed E-state index contributed by atoms with van der Waals surface area (Å²) in [4.78, 5) is 13.3. The minimum atomic E-state index is 0.981. The van der Waals surface area contributed by atoms with Gasteiger partial charge < -0.3 is 18.9 Å². The van der Waals surface area contributed by atoms with Crippen LogP contribution >= 0.6 is 0 Å². The molecule has 13 aromatic rings. The first-order chi connectivity index (χ1) is 35.2. The van der Waals surface area contributed by atoms with Crippen molar-refractivity contribution in [1.82, 2.24) is 19.1 Å². The van der Waals surface area contributed by atoms with E-state index in [2.05, 4.69) is 278 Å². The van der Waals surface area contributed by atoms with E-state index in [0.717, 1.165) is 95.4 Å². The van der Waals surface area contributed by atoms with Crippen LogP contribution < -0.4 is 9.80 Å². The number of aromatic nitrogens is 4. The standard InChI is InChI=1S/C65H46N6/c1-45-64(70-60-28-16-14-26-56(60)58-40-54(34-36-62(58)70)68(50-18-6-2-7-19-50)51-20-8-3-9-21-51)38-48(46-30-32-47(33-31-46)49-42-66-44-67-43-49)39-65(45)71-61-29-17-15-27-57(61)59-41-55(35-37-63(59)71)69(52-22-10-4-11-23-52)53-24-12-5-13-25-53/h2-44H,1H3. The van der Waals surface area contributed by atoms with E-state index in [1.54, 1.807) is 6.33 Å². The summed E-state index contributed by atoms with van der Waals surface area (Å²) in [5.74, 6) is 0. The lowest BCUT2D eigenvalue weighted by Crippen LogP contribution is -2.09. The van der Waals surface area contributed by atoms with E-state index in [0.29, 0.717) is 0 Å². The Labute approximate surface area is 412 Å². The minimum absolute atomic E-state index is 0.981. The van der Waals surface area contributed by atoms with Crippen LogP contribution in [0.2, 0.25) is 0 Å². The Hall–Kier alpha value is -9.52. The molecule has 336 valence electrons. The maximum atomic E-state index is 4.30. The van der Waals surface area contributed by atoms with Gasteiger partial charge in [0.15, 0.2) is 0 Å². The Bertz CT molecular complexity index is 3740.